The van der Waals surface area contributed by atoms with Crippen molar-refractivity contribution in [3.05, 3.63) is 56.2 Å². The van der Waals surface area contributed by atoms with Crippen LogP contribution in [0.25, 0.3) is 0 Å². The molecule has 2 heterocycles. The first-order chi connectivity index (χ1) is 17.9. The number of morpholine rings is 1. The Bertz CT molecular complexity index is 1300. The van der Waals surface area contributed by atoms with Crippen molar-refractivity contribution in [1.82, 2.24) is 4.90 Å². The van der Waals surface area contributed by atoms with Gasteiger partial charge in [-0.05, 0) is 77.8 Å². The molecule has 1 aliphatic heterocycles. The highest BCUT2D eigenvalue weighted by molar-refractivity contribution is 7.92. The molecule has 2 aromatic rings. The molecule has 1 aromatic carbocycles. The maximum atomic E-state index is 14.1. The van der Waals surface area contributed by atoms with Gasteiger partial charge in [0.25, 0.3) is 5.91 Å². The standard InChI is InChI=1S/C28H37Cl2NO6S2/c1-8-19(16-39(34,35)28(5,6)7)31-24(21-12-13-22(30)38-21)25(17-10-9-11-18(29)14-17)36-20(26(31)33)15-23(32)37-27(2,3)4/h9-14,19-20,24-25H,8,15-16H2,1-7H3/t19?,20-,24+,25+/m0/s1. The molecule has 216 valence electrons. The van der Waals surface area contributed by atoms with Crippen molar-refractivity contribution in [3.63, 3.8) is 0 Å². The fraction of sp³-hybridized carbons (Fsp3) is 0.571. The zero-order valence-corrected chi connectivity index (χ0v) is 26.5. The molecule has 0 spiro atoms. The maximum Gasteiger partial charge on any atom is 0.309 e. The van der Waals surface area contributed by atoms with Gasteiger partial charge in [0.1, 0.15) is 17.8 Å². The van der Waals surface area contributed by atoms with Gasteiger partial charge in [0.2, 0.25) is 0 Å². The third kappa shape index (κ3) is 7.76. The molecule has 1 saturated heterocycles. The lowest BCUT2D eigenvalue weighted by atomic mass is 9.93. The highest BCUT2D eigenvalue weighted by atomic mass is 35.5. The van der Waals surface area contributed by atoms with E-state index in [-0.39, 0.29) is 12.2 Å². The fourth-order valence-electron chi connectivity index (χ4n) is 4.45. The minimum Gasteiger partial charge on any atom is -0.460 e. The van der Waals surface area contributed by atoms with Gasteiger partial charge in [-0.2, -0.15) is 0 Å². The van der Waals surface area contributed by atoms with Gasteiger partial charge in [0.05, 0.1) is 27.3 Å². The van der Waals surface area contributed by atoms with Gasteiger partial charge < -0.3 is 14.4 Å². The molecule has 1 aliphatic rings. The summed E-state index contributed by atoms with van der Waals surface area (Å²) in [6.07, 6.45) is -1.86. The van der Waals surface area contributed by atoms with Crippen LogP contribution in [0, 0.1) is 0 Å². The number of halogens is 2. The molecule has 1 amide bonds. The minimum atomic E-state index is -3.61. The summed E-state index contributed by atoms with van der Waals surface area (Å²) in [5, 5.41) is 0.480. The Morgan fingerprint density at radius 2 is 1.79 bits per heavy atom. The molecule has 39 heavy (non-hydrogen) atoms. The summed E-state index contributed by atoms with van der Waals surface area (Å²) >= 11 is 14.0. The van der Waals surface area contributed by atoms with E-state index in [2.05, 4.69) is 0 Å². The van der Waals surface area contributed by atoms with Crippen molar-refractivity contribution in [3.8, 4) is 0 Å². The van der Waals surface area contributed by atoms with Crippen LogP contribution in [-0.4, -0.2) is 53.4 Å². The van der Waals surface area contributed by atoms with Gasteiger partial charge in [-0.15, -0.1) is 11.3 Å². The Balaban J connectivity index is 2.17. The number of carbonyl (C=O) groups excluding carboxylic acids is 2. The first-order valence-corrected chi connectivity index (χ1v) is 16.1. The van der Waals surface area contributed by atoms with Crippen molar-refractivity contribution < 1.29 is 27.5 Å². The monoisotopic (exact) mass is 617 g/mol. The first kappa shape index (κ1) is 31.9. The SMILES string of the molecule is CCC(CS(=O)(=O)C(C)(C)C)N1C(=O)[C@H](CC(=O)OC(C)(C)C)O[C@H](c2cccc(Cl)c2)[C@H]1c1ccc(Cl)s1. The highest BCUT2D eigenvalue weighted by Crippen LogP contribution is 2.47. The number of thiophene rings is 1. The van der Waals surface area contributed by atoms with Gasteiger partial charge in [-0.3, -0.25) is 9.59 Å². The van der Waals surface area contributed by atoms with E-state index in [1.54, 1.807) is 70.7 Å². The topological polar surface area (TPSA) is 90.0 Å². The van der Waals surface area contributed by atoms with Crippen molar-refractivity contribution in [2.24, 2.45) is 0 Å². The molecule has 11 heteroatoms. The van der Waals surface area contributed by atoms with Crippen LogP contribution in [0.3, 0.4) is 0 Å². The van der Waals surface area contributed by atoms with E-state index >= 15 is 0 Å². The summed E-state index contributed by atoms with van der Waals surface area (Å²) in [7, 11) is -3.61. The largest absolute Gasteiger partial charge is 0.460 e. The molecular formula is C28H37Cl2NO6S2. The van der Waals surface area contributed by atoms with Crippen LogP contribution in [0.15, 0.2) is 36.4 Å². The van der Waals surface area contributed by atoms with E-state index in [9.17, 15) is 18.0 Å². The number of benzene rings is 1. The molecule has 7 nitrogen and oxygen atoms in total. The molecule has 1 unspecified atom stereocenters. The van der Waals surface area contributed by atoms with Gasteiger partial charge in [0.15, 0.2) is 9.84 Å². The predicted octanol–water partition coefficient (Wildman–Crippen LogP) is 6.79. The zero-order valence-electron chi connectivity index (χ0n) is 23.4. The number of ether oxygens (including phenoxy) is 2. The van der Waals surface area contributed by atoms with Crippen LogP contribution in [0.5, 0.6) is 0 Å². The zero-order chi connectivity index (χ0) is 29.3. The van der Waals surface area contributed by atoms with E-state index in [0.717, 1.165) is 4.88 Å². The van der Waals surface area contributed by atoms with Crippen molar-refractivity contribution >= 4 is 56.3 Å². The number of hydrogen-bond donors (Lipinski definition) is 0. The summed E-state index contributed by atoms with van der Waals surface area (Å²) in [5.74, 6) is -1.29. The Kier molecular flexibility index (Phi) is 9.86. The molecule has 0 N–H and O–H groups in total. The molecule has 0 radical (unpaired) electrons. The number of esters is 1. The van der Waals surface area contributed by atoms with E-state index in [4.69, 9.17) is 32.7 Å². The Hall–Kier alpha value is -1.65. The maximum absolute atomic E-state index is 14.1. The molecule has 4 atom stereocenters. The summed E-state index contributed by atoms with van der Waals surface area (Å²) in [5.41, 5.74) is -0.0543. The quantitative estimate of drug-likeness (QED) is 0.303. The number of rotatable bonds is 8. The second-order valence-corrected chi connectivity index (χ2v) is 16.6. The van der Waals surface area contributed by atoms with Crippen molar-refractivity contribution in [2.75, 3.05) is 5.75 Å². The van der Waals surface area contributed by atoms with Crippen LogP contribution in [0.1, 0.15) is 83.9 Å². The van der Waals surface area contributed by atoms with Crippen LogP contribution in [0.2, 0.25) is 9.36 Å². The summed E-state index contributed by atoms with van der Waals surface area (Å²) in [6, 6.07) is 9.28. The average Bonchev–Trinajstić information content (AvgIpc) is 3.22. The first-order valence-electron chi connectivity index (χ1n) is 12.9. The smallest absolute Gasteiger partial charge is 0.309 e. The highest BCUT2D eigenvalue weighted by Gasteiger charge is 2.49. The molecular weight excluding hydrogens is 581 g/mol. The molecule has 1 aromatic heterocycles. The molecule has 0 saturated carbocycles. The number of hydrogen-bond acceptors (Lipinski definition) is 7. The normalized spacial score (nSPS) is 21.6. The third-order valence-electron chi connectivity index (χ3n) is 6.47. The summed E-state index contributed by atoms with van der Waals surface area (Å²) in [4.78, 5) is 29.3. The Labute approximate surface area is 245 Å². The molecule has 3 rings (SSSR count). The van der Waals surface area contributed by atoms with Crippen LogP contribution < -0.4 is 0 Å². The number of carbonyl (C=O) groups is 2. The van der Waals surface area contributed by atoms with Gasteiger partial charge >= 0.3 is 5.97 Å². The van der Waals surface area contributed by atoms with Crippen LogP contribution >= 0.6 is 34.5 Å². The van der Waals surface area contributed by atoms with E-state index in [1.807, 2.05) is 19.1 Å². The van der Waals surface area contributed by atoms with Crippen molar-refractivity contribution in [1.29, 1.82) is 0 Å². The number of sulfone groups is 1. The number of nitrogens with zero attached hydrogens (tertiary/aromatic N) is 1. The second kappa shape index (κ2) is 12.1. The summed E-state index contributed by atoms with van der Waals surface area (Å²) < 4.78 is 38.1. The predicted molar refractivity (Wildman–Crippen MR) is 156 cm³/mol. The summed E-state index contributed by atoms with van der Waals surface area (Å²) in [6.45, 7) is 12.0. The Morgan fingerprint density at radius 1 is 1.13 bits per heavy atom. The van der Waals surface area contributed by atoms with E-state index in [0.29, 0.717) is 21.3 Å². The van der Waals surface area contributed by atoms with Gasteiger partial charge in [-0.25, -0.2) is 8.42 Å². The third-order valence-corrected chi connectivity index (χ3v) is 10.7. The lowest BCUT2D eigenvalue weighted by molar-refractivity contribution is -0.185. The molecule has 1 fully saturated rings. The fourth-order valence-corrected chi connectivity index (χ4v) is 7.24. The lowest BCUT2D eigenvalue weighted by Crippen LogP contribution is -2.57. The van der Waals surface area contributed by atoms with Gasteiger partial charge in [0, 0.05) is 15.9 Å². The van der Waals surface area contributed by atoms with E-state index in [1.165, 1.54) is 11.3 Å². The van der Waals surface area contributed by atoms with Gasteiger partial charge in [-0.1, -0.05) is 42.3 Å². The molecule has 0 aliphatic carbocycles. The van der Waals surface area contributed by atoms with Crippen LogP contribution in [-0.2, 0) is 28.9 Å². The average molecular weight is 619 g/mol. The molecule has 0 bridgehead atoms. The minimum absolute atomic E-state index is 0.240. The van der Waals surface area contributed by atoms with Crippen LogP contribution in [0.4, 0.5) is 0 Å². The second-order valence-electron chi connectivity index (χ2n) is 11.7. The number of amides is 1. The lowest BCUT2D eigenvalue weighted by Gasteiger charge is -2.47. The van der Waals surface area contributed by atoms with E-state index < -0.39 is 56.4 Å². The van der Waals surface area contributed by atoms with Crippen molar-refractivity contribution in [2.45, 2.75) is 95.9 Å². The Morgan fingerprint density at radius 3 is 2.31 bits per heavy atom.